The molecule has 0 aromatic carbocycles. The zero-order valence-electron chi connectivity index (χ0n) is 23.2. The van der Waals surface area contributed by atoms with Gasteiger partial charge < -0.3 is 15.4 Å². The molecule has 0 aromatic rings. The number of esters is 1. The second-order valence-corrected chi connectivity index (χ2v) is 13.7. The molecular weight excluding hydrogens is 528 g/mol. The van der Waals surface area contributed by atoms with E-state index in [9.17, 15) is 27.4 Å². The van der Waals surface area contributed by atoms with Crippen molar-refractivity contribution in [2.45, 2.75) is 98.3 Å². The molecule has 0 aliphatic carbocycles. The summed E-state index contributed by atoms with van der Waals surface area (Å²) in [5, 5.41) is 17.3. The molecule has 0 spiro atoms. The predicted octanol–water partition coefficient (Wildman–Crippen LogP) is 3.13. The Morgan fingerprint density at radius 2 is 1.46 bits per heavy atom. The highest BCUT2D eigenvalue weighted by molar-refractivity contribution is 7.94. The van der Waals surface area contributed by atoms with Crippen LogP contribution in [0.4, 0.5) is 0 Å². The highest BCUT2D eigenvalue weighted by Gasteiger charge is 2.35. The Balaban J connectivity index is 5.62. The molecule has 0 heterocycles. The third-order valence-electron chi connectivity index (χ3n) is 5.22. The molecule has 218 valence electrons. The normalized spacial score (nSPS) is 15.4. The fourth-order valence-corrected chi connectivity index (χ4v) is 5.07. The van der Waals surface area contributed by atoms with E-state index in [0.717, 1.165) is 12.0 Å². The molecule has 0 saturated carbocycles. The Hall–Kier alpha value is -1.45. The number of ether oxygens (including phenoxy) is 1. The zero-order valence-corrected chi connectivity index (χ0v) is 24.9. The first-order valence-electron chi connectivity index (χ1n) is 12.0. The molecule has 0 rings (SSSR count). The number of amides is 2. The summed E-state index contributed by atoms with van der Waals surface area (Å²) in [6.45, 7) is 15.0. The zero-order chi connectivity index (χ0) is 29.2. The Kier molecular flexibility index (Phi) is 14.1. The van der Waals surface area contributed by atoms with Gasteiger partial charge in [0, 0.05) is 35.2 Å². The number of nitrogens with one attached hydrogen (secondary N) is 2. The first-order valence-corrected chi connectivity index (χ1v) is 14.5. The van der Waals surface area contributed by atoms with Gasteiger partial charge in [0.2, 0.25) is 11.8 Å². The molecule has 2 amide bonds. The average Bonchev–Trinajstić information content (AvgIpc) is 2.66. The molecule has 37 heavy (non-hydrogen) atoms. The number of rotatable bonds is 16. The largest absolute Gasteiger partial charge is 0.460 e. The summed E-state index contributed by atoms with van der Waals surface area (Å²) in [5.41, 5.74) is -2.74. The lowest BCUT2D eigenvalue weighted by Crippen LogP contribution is -2.50. The van der Waals surface area contributed by atoms with E-state index in [1.54, 1.807) is 48.5 Å². The van der Waals surface area contributed by atoms with Crippen molar-refractivity contribution in [2.75, 3.05) is 11.5 Å². The lowest BCUT2D eigenvalue weighted by atomic mass is 9.85. The quantitative estimate of drug-likeness (QED) is 0.0533. The van der Waals surface area contributed by atoms with Crippen LogP contribution in [0.1, 0.15) is 81.6 Å². The van der Waals surface area contributed by atoms with Gasteiger partial charge in [-0.05, 0) is 67.7 Å². The van der Waals surface area contributed by atoms with Crippen molar-refractivity contribution in [3.05, 3.63) is 0 Å². The van der Waals surface area contributed by atoms with Gasteiger partial charge in [-0.1, -0.05) is 18.9 Å². The van der Waals surface area contributed by atoms with Crippen molar-refractivity contribution in [1.82, 2.24) is 10.6 Å². The fourth-order valence-electron chi connectivity index (χ4n) is 3.62. The van der Waals surface area contributed by atoms with Gasteiger partial charge in [0.05, 0.1) is 17.2 Å². The number of carbonyl (C=O) groups is 3. The van der Waals surface area contributed by atoms with E-state index >= 15 is 0 Å². The molecule has 0 bridgehead atoms. The van der Waals surface area contributed by atoms with E-state index in [4.69, 9.17) is 9.99 Å². The van der Waals surface area contributed by atoms with E-state index in [1.807, 2.05) is 0 Å². The van der Waals surface area contributed by atoms with Crippen molar-refractivity contribution in [2.24, 2.45) is 17.8 Å². The Bertz CT molecular complexity index is 869. The number of carbonyl (C=O) groups excluding carboxylic acids is 3. The molecule has 0 aromatic heterocycles. The minimum absolute atomic E-state index is 0.0811. The van der Waals surface area contributed by atoms with Crippen LogP contribution in [0.25, 0.3) is 0 Å². The van der Waals surface area contributed by atoms with Crippen molar-refractivity contribution in [3.63, 3.8) is 0 Å². The summed E-state index contributed by atoms with van der Waals surface area (Å²) in [7, 11) is -4.33. The third-order valence-corrected chi connectivity index (χ3v) is 7.31. The van der Waals surface area contributed by atoms with Gasteiger partial charge in [0.15, 0.2) is 0 Å². The van der Waals surface area contributed by atoms with E-state index < -0.39 is 62.2 Å². The highest BCUT2D eigenvalue weighted by atomic mass is 32.2. The lowest BCUT2D eigenvalue weighted by molar-refractivity contribution is -0.432. The second kappa shape index (κ2) is 14.6. The lowest BCUT2D eigenvalue weighted by Gasteiger charge is -2.31. The molecule has 0 aliphatic rings. The maximum Gasteiger partial charge on any atom is 0.309 e. The Morgan fingerprint density at radius 1 is 0.919 bits per heavy atom. The van der Waals surface area contributed by atoms with Gasteiger partial charge in [-0.2, -0.15) is 8.42 Å². The van der Waals surface area contributed by atoms with Crippen molar-refractivity contribution in [3.8, 4) is 0 Å². The fraction of sp³-hybridized carbons (Fsp3) is 0.870. The average molecular weight is 573 g/mol. The summed E-state index contributed by atoms with van der Waals surface area (Å²) in [5.74, 6) is -3.81. The Morgan fingerprint density at radius 3 is 1.92 bits per heavy atom. The van der Waals surface area contributed by atoms with Crippen LogP contribution in [0.3, 0.4) is 0 Å². The summed E-state index contributed by atoms with van der Waals surface area (Å²) in [6.07, 6.45) is 0.543. The summed E-state index contributed by atoms with van der Waals surface area (Å²) in [4.78, 5) is 38.9. The molecule has 12 nitrogen and oxygen atoms in total. The van der Waals surface area contributed by atoms with E-state index in [2.05, 4.69) is 20.0 Å². The molecule has 0 radical (unpaired) electrons. The minimum Gasteiger partial charge on any atom is -0.460 e. The van der Waals surface area contributed by atoms with E-state index in [0.29, 0.717) is 6.42 Å². The van der Waals surface area contributed by atoms with Crippen LogP contribution < -0.4 is 10.6 Å². The Labute approximate surface area is 224 Å². The molecule has 14 heteroatoms. The molecule has 0 fully saturated rings. The highest BCUT2D eigenvalue weighted by Crippen LogP contribution is 2.27. The first kappa shape index (κ1) is 35.5. The smallest absolute Gasteiger partial charge is 0.309 e. The van der Waals surface area contributed by atoms with Gasteiger partial charge in [-0.15, -0.1) is 4.33 Å². The van der Waals surface area contributed by atoms with Gasteiger partial charge in [0.1, 0.15) is 5.60 Å². The summed E-state index contributed by atoms with van der Waals surface area (Å²) in [6, 6.07) is 0. The molecule has 0 aliphatic heterocycles. The molecular formula is C23H44N2O10S2. The monoisotopic (exact) mass is 572 g/mol. The number of hydrogen-bond acceptors (Lipinski definition) is 10. The third kappa shape index (κ3) is 16.2. The van der Waals surface area contributed by atoms with E-state index in [1.165, 1.54) is 13.8 Å². The van der Waals surface area contributed by atoms with Crippen LogP contribution in [-0.2, 0) is 38.6 Å². The summed E-state index contributed by atoms with van der Waals surface area (Å²) < 4.78 is 41.7. The molecule has 4 N–H and O–H groups in total. The van der Waals surface area contributed by atoms with Crippen LogP contribution >= 0.6 is 12.0 Å². The van der Waals surface area contributed by atoms with Crippen molar-refractivity contribution >= 4 is 39.9 Å². The minimum atomic E-state index is -4.33. The van der Waals surface area contributed by atoms with Crippen LogP contribution in [0.2, 0.25) is 0 Å². The van der Waals surface area contributed by atoms with Gasteiger partial charge >= 0.3 is 5.97 Å². The van der Waals surface area contributed by atoms with Crippen LogP contribution in [-0.4, -0.2) is 64.2 Å². The summed E-state index contributed by atoms with van der Waals surface area (Å²) >= 11 is 0.803. The molecule has 3 unspecified atom stereocenters. The van der Waals surface area contributed by atoms with Gasteiger partial charge in [-0.25, -0.2) is 5.26 Å². The van der Waals surface area contributed by atoms with Crippen LogP contribution in [0.15, 0.2) is 0 Å². The predicted molar refractivity (Wildman–Crippen MR) is 140 cm³/mol. The first-order chi connectivity index (χ1) is 16.6. The van der Waals surface area contributed by atoms with Gasteiger partial charge in [0.25, 0.3) is 10.1 Å². The molecule has 3 atom stereocenters. The van der Waals surface area contributed by atoms with Crippen LogP contribution in [0.5, 0.6) is 0 Å². The maximum atomic E-state index is 13.1. The SMILES string of the molecule is CCC(CC(CC(C)C(=O)NC(C)(C)CSOOO)C(=O)OC(C)(C)C)C(=O)NC(C)(C)CS(=O)(=O)O. The molecule has 0 saturated heterocycles. The van der Waals surface area contributed by atoms with Crippen molar-refractivity contribution < 1.29 is 46.7 Å². The second-order valence-electron chi connectivity index (χ2n) is 11.6. The van der Waals surface area contributed by atoms with E-state index in [-0.39, 0.29) is 24.5 Å². The number of hydrogen-bond donors (Lipinski definition) is 4. The van der Waals surface area contributed by atoms with Crippen molar-refractivity contribution in [1.29, 1.82) is 0 Å². The van der Waals surface area contributed by atoms with Gasteiger partial charge in [-0.3, -0.25) is 18.9 Å². The van der Waals surface area contributed by atoms with Crippen LogP contribution in [0, 0.1) is 17.8 Å². The maximum absolute atomic E-state index is 13.1. The topological polar surface area (TPSA) is 178 Å². The standard InChI is InChI=1S/C23H44N2O10S2/c1-10-16(19(27)25-23(8,9)14-37(30,31)32)12-17(20(28)33-21(3,4)5)11-15(2)18(26)24-22(6,7)13-36-35-34-29/h15-17,29H,10-14H2,1-9H3,(H,24,26)(H,25,27)(H,30,31,32).